The fourth-order valence-electron chi connectivity index (χ4n) is 4.22. The molecule has 0 aromatic rings. The molecule has 3 rings (SSSR count). The molecular weight excluding hydrogens is 276 g/mol. The fourth-order valence-corrected chi connectivity index (χ4v) is 5.58. The van der Waals surface area contributed by atoms with E-state index < -0.39 is 13.9 Å². The molecule has 0 amide bonds. The van der Waals surface area contributed by atoms with Crippen molar-refractivity contribution in [1.82, 2.24) is 0 Å². The van der Waals surface area contributed by atoms with Gasteiger partial charge in [0.05, 0.1) is 11.7 Å². The molecular formula is C18H34O2Si. The van der Waals surface area contributed by atoms with Crippen LogP contribution < -0.4 is 0 Å². The maximum atomic E-state index is 11.2. The summed E-state index contributed by atoms with van der Waals surface area (Å²) in [5, 5.41) is 11.4. The second kappa shape index (κ2) is 5.21. The molecule has 0 unspecified atom stereocenters. The first kappa shape index (κ1) is 17.2. The van der Waals surface area contributed by atoms with Crippen LogP contribution >= 0.6 is 0 Å². The van der Waals surface area contributed by atoms with Gasteiger partial charge < -0.3 is 9.53 Å². The molecule has 0 heterocycles. The molecule has 3 saturated carbocycles. The first-order valence-electron chi connectivity index (χ1n) is 8.44. The zero-order valence-electron chi connectivity index (χ0n) is 14.8. The Hall–Kier alpha value is -0.123. The van der Waals surface area contributed by atoms with Crippen LogP contribution in [0.25, 0.3) is 0 Å². The molecule has 3 aliphatic carbocycles. The quantitative estimate of drug-likeness (QED) is 0.591. The van der Waals surface area contributed by atoms with Crippen LogP contribution in [-0.2, 0) is 4.43 Å². The SMILES string of the molecule is C=CC[C@]1(O)C[C@@]2(C)CC[C@@H]1[C@@H](O[Si](C)(C)C(C)(C)C)C2. The summed E-state index contributed by atoms with van der Waals surface area (Å²) >= 11 is 0. The van der Waals surface area contributed by atoms with Crippen molar-refractivity contribution in [3.8, 4) is 0 Å². The number of aliphatic hydroxyl groups is 1. The summed E-state index contributed by atoms with van der Waals surface area (Å²) in [6.07, 6.45) is 7.16. The Morgan fingerprint density at radius 3 is 2.48 bits per heavy atom. The Morgan fingerprint density at radius 2 is 2.00 bits per heavy atom. The summed E-state index contributed by atoms with van der Waals surface area (Å²) in [5.74, 6) is 0.284. The average Bonchev–Trinajstić information content (AvgIpc) is 2.24. The molecule has 0 aromatic carbocycles. The Bertz CT molecular complexity index is 412. The number of rotatable bonds is 4. The Balaban J connectivity index is 2.23. The van der Waals surface area contributed by atoms with Gasteiger partial charge in [-0.15, -0.1) is 6.58 Å². The zero-order valence-corrected chi connectivity index (χ0v) is 15.8. The second-order valence-electron chi connectivity index (χ2n) is 9.35. The molecule has 122 valence electrons. The van der Waals surface area contributed by atoms with Crippen molar-refractivity contribution in [3.63, 3.8) is 0 Å². The van der Waals surface area contributed by atoms with Crippen molar-refractivity contribution < 1.29 is 9.53 Å². The first-order chi connectivity index (χ1) is 9.43. The van der Waals surface area contributed by atoms with Gasteiger partial charge in [-0.3, -0.25) is 0 Å². The van der Waals surface area contributed by atoms with Gasteiger partial charge in [-0.05, 0) is 55.7 Å². The predicted molar refractivity (Wildman–Crippen MR) is 91.9 cm³/mol. The van der Waals surface area contributed by atoms with Crippen LogP contribution in [-0.4, -0.2) is 25.1 Å². The average molecular weight is 311 g/mol. The van der Waals surface area contributed by atoms with E-state index in [-0.39, 0.29) is 22.5 Å². The van der Waals surface area contributed by atoms with Crippen LogP contribution in [0.1, 0.15) is 59.8 Å². The lowest BCUT2D eigenvalue weighted by atomic mass is 9.53. The van der Waals surface area contributed by atoms with Gasteiger partial charge >= 0.3 is 0 Å². The molecule has 21 heavy (non-hydrogen) atoms. The third-order valence-electron chi connectivity index (χ3n) is 6.37. The van der Waals surface area contributed by atoms with E-state index in [1.54, 1.807) is 0 Å². The van der Waals surface area contributed by atoms with Crippen LogP contribution in [0.5, 0.6) is 0 Å². The van der Waals surface area contributed by atoms with Gasteiger partial charge in [0.1, 0.15) is 0 Å². The minimum absolute atomic E-state index is 0.223. The zero-order chi connectivity index (χ0) is 16.1. The molecule has 3 heteroatoms. The lowest BCUT2D eigenvalue weighted by Gasteiger charge is -2.59. The minimum atomic E-state index is -1.79. The van der Waals surface area contributed by atoms with Gasteiger partial charge in [0.25, 0.3) is 0 Å². The van der Waals surface area contributed by atoms with E-state index in [9.17, 15) is 5.11 Å². The highest BCUT2D eigenvalue weighted by Gasteiger charge is 2.57. The second-order valence-corrected chi connectivity index (χ2v) is 14.1. The largest absolute Gasteiger partial charge is 0.414 e. The summed E-state index contributed by atoms with van der Waals surface area (Å²) in [4.78, 5) is 0. The van der Waals surface area contributed by atoms with Crippen LogP contribution in [0.2, 0.25) is 18.1 Å². The predicted octanol–water partition coefficient (Wildman–Crippen LogP) is 4.89. The molecule has 2 nitrogen and oxygen atoms in total. The van der Waals surface area contributed by atoms with Gasteiger partial charge in [-0.2, -0.15) is 0 Å². The minimum Gasteiger partial charge on any atom is -0.414 e. The summed E-state index contributed by atoms with van der Waals surface area (Å²) in [7, 11) is -1.79. The third kappa shape index (κ3) is 3.15. The van der Waals surface area contributed by atoms with Crippen molar-refractivity contribution in [1.29, 1.82) is 0 Å². The molecule has 0 radical (unpaired) electrons. The van der Waals surface area contributed by atoms with Crippen molar-refractivity contribution in [2.45, 2.75) is 89.6 Å². The fraction of sp³-hybridized carbons (Fsp3) is 0.889. The van der Waals surface area contributed by atoms with Crippen LogP contribution in [0.4, 0.5) is 0 Å². The van der Waals surface area contributed by atoms with E-state index in [4.69, 9.17) is 4.43 Å². The lowest BCUT2D eigenvalue weighted by Crippen LogP contribution is -2.60. The number of hydrogen-bond acceptors (Lipinski definition) is 2. The maximum absolute atomic E-state index is 11.2. The van der Waals surface area contributed by atoms with Gasteiger partial charge in [-0.1, -0.05) is 33.8 Å². The molecule has 3 fully saturated rings. The van der Waals surface area contributed by atoms with Gasteiger partial charge in [0.2, 0.25) is 0 Å². The Labute approximate surface area is 132 Å². The summed E-state index contributed by atoms with van der Waals surface area (Å²) in [5.41, 5.74) is -0.362. The van der Waals surface area contributed by atoms with E-state index in [0.717, 1.165) is 19.3 Å². The smallest absolute Gasteiger partial charge is 0.192 e. The molecule has 1 N–H and O–H groups in total. The Kier molecular flexibility index (Phi) is 4.27. The first-order valence-corrected chi connectivity index (χ1v) is 11.3. The van der Waals surface area contributed by atoms with Crippen molar-refractivity contribution in [2.75, 3.05) is 0 Å². The highest BCUT2D eigenvalue weighted by molar-refractivity contribution is 6.74. The van der Waals surface area contributed by atoms with Crippen molar-refractivity contribution in [3.05, 3.63) is 12.7 Å². The third-order valence-corrected chi connectivity index (χ3v) is 10.9. The molecule has 4 atom stereocenters. The molecule has 0 aliphatic heterocycles. The van der Waals surface area contributed by atoms with Crippen LogP contribution in [0.3, 0.4) is 0 Å². The van der Waals surface area contributed by atoms with Gasteiger partial charge in [0, 0.05) is 5.92 Å². The summed E-state index contributed by atoms with van der Waals surface area (Å²) in [6, 6.07) is 0. The van der Waals surface area contributed by atoms with E-state index in [2.05, 4.69) is 47.4 Å². The van der Waals surface area contributed by atoms with Crippen LogP contribution in [0, 0.1) is 11.3 Å². The highest BCUT2D eigenvalue weighted by atomic mass is 28.4. The van der Waals surface area contributed by atoms with Gasteiger partial charge in [-0.25, -0.2) is 0 Å². The maximum Gasteiger partial charge on any atom is 0.192 e. The van der Waals surface area contributed by atoms with E-state index in [1.807, 2.05) is 6.08 Å². The Morgan fingerprint density at radius 1 is 1.38 bits per heavy atom. The van der Waals surface area contributed by atoms with E-state index in [0.29, 0.717) is 6.42 Å². The number of fused-ring (bicyclic) bond motifs is 3. The van der Waals surface area contributed by atoms with E-state index >= 15 is 0 Å². The summed E-state index contributed by atoms with van der Waals surface area (Å²) < 4.78 is 6.73. The highest BCUT2D eigenvalue weighted by Crippen LogP contribution is 2.57. The summed E-state index contributed by atoms with van der Waals surface area (Å²) in [6.45, 7) is 17.7. The topological polar surface area (TPSA) is 29.5 Å². The van der Waals surface area contributed by atoms with E-state index in [1.165, 1.54) is 6.42 Å². The standard InChI is InChI=1S/C18H34O2Si/c1-8-10-18(19)13-17(5)11-9-14(18)15(12-17)20-21(6,7)16(2,3)4/h8,14-15,19H,1,9-13H2,2-7H3/t14-,15+,17+,18+/m1/s1. The molecule has 2 bridgehead atoms. The van der Waals surface area contributed by atoms with Crippen molar-refractivity contribution >= 4 is 8.32 Å². The number of hydrogen-bond donors (Lipinski definition) is 1. The van der Waals surface area contributed by atoms with Crippen molar-refractivity contribution in [2.24, 2.45) is 11.3 Å². The molecule has 0 aromatic heterocycles. The van der Waals surface area contributed by atoms with Gasteiger partial charge in [0.15, 0.2) is 8.32 Å². The normalized spacial score (nSPS) is 40.3. The monoisotopic (exact) mass is 310 g/mol. The molecule has 0 saturated heterocycles. The molecule has 3 aliphatic rings. The molecule has 0 spiro atoms. The van der Waals surface area contributed by atoms with Crippen LogP contribution in [0.15, 0.2) is 12.7 Å². The lowest BCUT2D eigenvalue weighted by molar-refractivity contribution is -0.173.